The number of hydrogen-bond acceptors (Lipinski definition) is 4. The van der Waals surface area contributed by atoms with Gasteiger partial charge in [-0.1, -0.05) is 59.8 Å². The van der Waals surface area contributed by atoms with Crippen molar-refractivity contribution < 1.29 is 9.53 Å². The number of benzene rings is 3. The average Bonchev–Trinajstić information content (AvgIpc) is 2.80. The average molecular weight is 443 g/mol. The van der Waals surface area contributed by atoms with E-state index in [1.807, 2.05) is 48.5 Å². The second-order valence-corrected chi connectivity index (χ2v) is 8.85. The highest BCUT2D eigenvalue weighted by Gasteiger charge is 2.17. The summed E-state index contributed by atoms with van der Waals surface area (Å²) in [6, 6.07) is 22.0. The van der Waals surface area contributed by atoms with E-state index >= 15 is 0 Å². The summed E-state index contributed by atoms with van der Waals surface area (Å²) in [6.07, 6.45) is 2.57. The van der Waals surface area contributed by atoms with Crippen molar-refractivity contribution in [3.05, 3.63) is 95.2 Å². The molecule has 3 aromatic carbocycles. The standard InChI is InChI=1S/C27H26N2O2S/c1-18-11-12-20(19(2)15-18)13-14-28-27(30)26-23-9-4-5-10-24(23)29-17-25(26)32-22-8-6-7-21(16-22)31-3/h4-12,15-17H,13-14H2,1-3H3,(H,28,30). The highest BCUT2D eigenvalue weighted by Crippen LogP contribution is 2.34. The van der Waals surface area contributed by atoms with E-state index in [1.165, 1.54) is 28.5 Å². The van der Waals surface area contributed by atoms with Crippen molar-refractivity contribution in [2.75, 3.05) is 13.7 Å². The van der Waals surface area contributed by atoms with Crippen LogP contribution in [0.15, 0.2) is 82.7 Å². The van der Waals surface area contributed by atoms with E-state index in [2.05, 4.69) is 42.3 Å². The first-order valence-corrected chi connectivity index (χ1v) is 11.4. The molecule has 0 unspecified atom stereocenters. The summed E-state index contributed by atoms with van der Waals surface area (Å²) in [4.78, 5) is 19.7. The molecule has 4 aromatic rings. The Kier molecular flexibility index (Phi) is 6.76. The van der Waals surface area contributed by atoms with Crippen molar-refractivity contribution in [2.24, 2.45) is 0 Å². The maximum Gasteiger partial charge on any atom is 0.253 e. The molecule has 0 aliphatic carbocycles. The van der Waals surface area contributed by atoms with Crippen LogP contribution in [0.4, 0.5) is 0 Å². The lowest BCUT2D eigenvalue weighted by Crippen LogP contribution is -2.26. The SMILES string of the molecule is COc1cccc(Sc2cnc3ccccc3c2C(=O)NCCc2ccc(C)cc2C)c1. The van der Waals surface area contributed by atoms with Crippen molar-refractivity contribution in [3.8, 4) is 5.75 Å². The molecule has 1 amide bonds. The highest BCUT2D eigenvalue weighted by molar-refractivity contribution is 7.99. The third-order valence-electron chi connectivity index (χ3n) is 5.41. The number of carbonyl (C=O) groups is 1. The Bertz CT molecular complexity index is 1270. The van der Waals surface area contributed by atoms with Gasteiger partial charge in [0.2, 0.25) is 0 Å². The van der Waals surface area contributed by atoms with E-state index in [0.717, 1.165) is 32.9 Å². The topological polar surface area (TPSA) is 51.2 Å². The zero-order valence-electron chi connectivity index (χ0n) is 18.5. The van der Waals surface area contributed by atoms with Crippen molar-refractivity contribution in [1.29, 1.82) is 0 Å². The third-order valence-corrected chi connectivity index (χ3v) is 6.43. The first-order chi connectivity index (χ1) is 15.5. The number of para-hydroxylation sites is 1. The quantitative estimate of drug-likeness (QED) is 0.382. The van der Waals surface area contributed by atoms with Crippen molar-refractivity contribution in [3.63, 3.8) is 0 Å². The second-order valence-electron chi connectivity index (χ2n) is 7.73. The molecule has 1 aromatic heterocycles. The molecule has 0 fully saturated rings. The molecule has 0 spiro atoms. The molecule has 4 rings (SSSR count). The van der Waals surface area contributed by atoms with Gasteiger partial charge in [-0.25, -0.2) is 0 Å². The predicted octanol–water partition coefficient (Wildman–Crippen LogP) is 5.98. The minimum atomic E-state index is -0.0845. The molecule has 1 heterocycles. The second kappa shape index (κ2) is 9.88. The van der Waals surface area contributed by atoms with E-state index < -0.39 is 0 Å². The van der Waals surface area contributed by atoms with Gasteiger partial charge in [0.05, 0.1) is 18.2 Å². The van der Waals surface area contributed by atoms with Gasteiger partial charge in [-0.05, 0) is 55.7 Å². The zero-order valence-corrected chi connectivity index (χ0v) is 19.3. The molecule has 0 saturated heterocycles. The molecular formula is C27H26N2O2S. The molecule has 5 heteroatoms. The third kappa shape index (κ3) is 4.94. The number of rotatable bonds is 7. The number of pyridine rings is 1. The van der Waals surface area contributed by atoms with Gasteiger partial charge < -0.3 is 10.1 Å². The Morgan fingerprint density at radius 1 is 1.03 bits per heavy atom. The van der Waals surface area contributed by atoms with Crippen molar-refractivity contribution in [1.82, 2.24) is 10.3 Å². The van der Waals surface area contributed by atoms with Crippen LogP contribution < -0.4 is 10.1 Å². The minimum absolute atomic E-state index is 0.0845. The van der Waals surface area contributed by atoms with E-state index in [-0.39, 0.29) is 5.91 Å². The van der Waals surface area contributed by atoms with Gasteiger partial charge in [-0.3, -0.25) is 9.78 Å². The summed E-state index contributed by atoms with van der Waals surface area (Å²) in [5, 5.41) is 3.98. The van der Waals surface area contributed by atoms with Crippen molar-refractivity contribution in [2.45, 2.75) is 30.1 Å². The normalized spacial score (nSPS) is 10.8. The monoisotopic (exact) mass is 442 g/mol. The fraction of sp³-hybridized carbons (Fsp3) is 0.185. The number of methoxy groups -OCH3 is 1. The number of aromatic nitrogens is 1. The Morgan fingerprint density at radius 3 is 2.69 bits per heavy atom. The Morgan fingerprint density at radius 2 is 1.88 bits per heavy atom. The van der Waals surface area contributed by atoms with Crippen LogP contribution in [0.1, 0.15) is 27.0 Å². The fourth-order valence-electron chi connectivity index (χ4n) is 3.75. The summed E-state index contributed by atoms with van der Waals surface area (Å²) < 4.78 is 5.34. The zero-order chi connectivity index (χ0) is 22.5. The Hall–Kier alpha value is -3.31. The van der Waals surface area contributed by atoms with Gasteiger partial charge in [0, 0.05) is 27.9 Å². The number of carbonyl (C=O) groups excluding carboxylic acids is 1. The van der Waals surface area contributed by atoms with E-state index in [0.29, 0.717) is 12.1 Å². The largest absolute Gasteiger partial charge is 0.497 e. The first-order valence-electron chi connectivity index (χ1n) is 10.6. The van der Waals surface area contributed by atoms with Crippen LogP contribution in [0.25, 0.3) is 10.9 Å². The van der Waals surface area contributed by atoms with Crippen LogP contribution >= 0.6 is 11.8 Å². The van der Waals surface area contributed by atoms with Gasteiger partial charge in [0.15, 0.2) is 0 Å². The predicted molar refractivity (Wildman–Crippen MR) is 131 cm³/mol. The first kappa shape index (κ1) is 21.9. The smallest absolute Gasteiger partial charge is 0.253 e. The van der Waals surface area contributed by atoms with Crippen LogP contribution in [0, 0.1) is 13.8 Å². The van der Waals surface area contributed by atoms with E-state index in [4.69, 9.17) is 4.74 Å². The molecule has 0 aliphatic rings. The Labute approximate surface area is 193 Å². The molecule has 32 heavy (non-hydrogen) atoms. The molecule has 0 aliphatic heterocycles. The van der Waals surface area contributed by atoms with Gasteiger partial charge in [0.25, 0.3) is 5.91 Å². The molecule has 0 radical (unpaired) electrons. The Balaban J connectivity index is 1.60. The summed E-state index contributed by atoms with van der Waals surface area (Å²) in [5.41, 5.74) is 5.22. The number of nitrogens with one attached hydrogen (secondary N) is 1. The number of ether oxygens (including phenoxy) is 1. The molecule has 0 bridgehead atoms. The van der Waals surface area contributed by atoms with E-state index in [9.17, 15) is 4.79 Å². The van der Waals surface area contributed by atoms with Crippen LogP contribution in [-0.2, 0) is 6.42 Å². The maximum atomic E-state index is 13.3. The van der Waals surface area contributed by atoms with Crippen LogP contribution in [-0.4, -0.2) is 24.5 Å². The van der Waals surface area contributed by atoms with Gasteiger partial charge in [-0.2, -0.15) is 0 Å². The van der Waals surface area contributed by atoms with Crippen LogP contribution in [0.3, 0.4) is 0 Å². The van der Waals surface area contributed by atoms with Crippen LogP contribution in [0.2, 0.25) is 0 Å². The molecule has 0 atom stereocenters. The van der Waals surface area contributed by atoms with Gasteiger partial charge >= 0.3 is 0 Å². The maximum absolute atomic E-state index is 13.3. The highest BCUT2D eigenvalue weighted by atomic mass is 32.2. The molecule has 0 saturated carbocycles. The van der Waals surface area contributed by atoms with Gasteiger partial charge in [-0.15, -0.1) is 0 Å². The summed E-state index contributed by atoms with van der Waals surface area (Å²) in [5.74, 6) is 0.696. The molecule has 162 valence electrons. The fourth-order valence-corrected chi connectivity index (χ4v) is 4.74. The molecular weight excluding hydrogens is 416 g/mol. The number of hydrogen-bond donors (Lipinski definition) is 1. The summed E-state index contributed by atoms with van der Waals surface area (Å²) in [6.45, 7) is 4.78. The number of aryl methyl sites for hydroxylation is 2. The lowest BCUT2D eigenvalue weighted by molar-refractivity contribution is 0.0953. The van der Waals surface area contributed by atoms with Gasteiger partial charge in [0.1, 0.15) is 5.75 Å². The molecule has 4 nitrogen and oxygen atoms in total. The summed E-state index contributed by atoms with van der Waals surface area (Å²) in [7, 11) is 1.65. The minimum Gasteiger partial charge on any atom is -0.497 e. The van der Waals surface area contributed by atoms with E-state index in [1.54, 1.807) is 13.3 Å². The number of nitrogens with zero attached hydrogens (tertiary/aromatic N) is 1. The molecule has 1 N–H and O–H groups in total. The lowest BCUT2D eigenvalue weighted by Gasteiger charge is -2.14. The number of amides is 1. The number of fused-ring (bicyclic) bond motifs is 1. The van der Waals surface area contributed by atoms with Crippen molar-refractivity contribution >= 4 is 28.6 Å². The lowest BCUT2D eigenvalue weighted by atomic mass is 10.0. The van der Waals surface area contributed by atoms with Crippen LogP contribution in [0.5, 0.6) is 5.75 Å². The summed E-state index contributed by atoms with van der Waals surface area (Å²) >= 11 is 1.52.